The quantitative estimate of drug-likeness (QED) is 0.567. The molecule has 0 unspecified atom stereocenters. The first-order valence-corrected chi connectivity index (χ1v) is 8.20. The molecule has 0 radical (unpaired) electrons. The van der Waals surface area contributed by atoms with Gasteiger partial charge in [-0.3, -0.25) is 4.79 Å². The lowest BCUT2D eigenvalue weighted by Gasteiger charge is -2.14. The summed E-state index contributed by atoms with van der Waals surface area (Å²) in [6.45, 7) is 1.97. The van der Waals surface area contributed by atoms with Crippen LogP contribution < -0.4 is 16.4 Å². The van der Waals surface area contributed by atoms with Crippen LogP contribution in [0, 0.1) is 0 Å². The molecule has 0 spiro atoms. The summed E-state index contributed by atoms with van der Waals surface area (Å²) in [6.07, 6.45) is 3.56. The Morgan fingerprint density at radius 1 is 1.17 bits per heavy atom. The molecular weight excluding hydrogens is 286 g/mol. The lowest BCUT2D eigenvalue weighted by atomic mass is 10.0. The number of carbonyl (C=O) groups excluding carboxylic acids is 1. The minimum absolute atomic E-state index is 0.0195. The molecule has 1 aliphatic rings. The SMILES string of the molecule is Nc1ccc(C(=O)c2ccccc2)cc1NCC[C@H]1CCCN1. The summed E-state index contributed by atoms with van der Waals surface area (Å²) in [7, 11) is 0. The molecule has 120 valence electrons. The molecule has 1 aliphatic heterocycles. The van der Waals surface area contributed by atoms with E-state index in [0.29, 0.717) is 22.9 Å². The molecule has 0 saturated carbocycles. The van der Waals surface area contributed by atoms with E-state index in [0.717, 1.165) is 25.2 Å². The number of ketones is 1. The highest BCUT2D eigenvalue weighted by atomic mass is 16.1. The van der Waals surface area contributed by atoms with Crippen molar-refractivity contribution in [1.82, 2.24) is 5.32 Å². The second-order valence-corrected chi connectivity index (χ2v) is 6.01. The van der Waals surface area contributed by atoms with E-state index >= 15 is 0 Å². The first kappa shape index (κ1) is 15.6. The van der Waals surface area contributed by atoms with Crippen LogP contribution in [-0.2, 0) is 0 Å². The second kappa shape index (κ2) is 7.29. The Kier molecular flexibility index (Phi) is 4.93. The average Bonchev–Trinajstić information content (AvgIpc) is 3.10. The normalized spacial score (nSPS) is 17.1. The fraction of sp³-hybridized carbons (Fsp3) is 0.316. The fourth-order valence-electron chi connectivity index (χ4n) is 2.99. The van der Waals surface area contributed by atoms with E-state index in [1.54, 1.807) is 12.1 Å². The molecule has 4 N–H and O–H groups in total. The zero-order valence-corrected chi connectivity index (χ0v) is 13.2. The van der Waals surface area contributed by atoms with E-state index in [2.05, 4.69) is 10.6 Å². The van der Waals surface area contributed by atoms with Gasteiger partial charge in [0.05, 0.1) is 11.4 Å². The second-order valence-electron chi connectivity index (χ2n) is 6.01. The van der Waals surface area contributed by atoms with Crippen molar-refractivity contribution in [1.29, 1.82) is 0 Å². The molecule has 1 fully saturated rings. The molecule has 23 heavy (non-hydrogen) atoms. The standard InChI is InChI=1S/C19H23N3O/c20-17-9-8-15(19(23)14-5-2-1-3-6-14)13-18(17)22-12-10-16-7-4-11-21-16/h1-3,5-6,8-9,13,16,21-22H,4,7,10-12,20H2/t16-/m1/s1. The van der Waals surface area contributed by atoms with Crippen LogP contribution in [0.1, 0.15) is 35.2 Å². The summed E-state index contributed by atoms with van der Waals surface area (Å²) >= 11 is 0. The zero-order valence-electron chi connectivity index (χ0n) is 13.2. The first-order chi connectivity index (χ1) is 11.2. The van der Waals surface area contributed by atoms with Gasteiger partial charge in [-0.05, 0) is 44.0 Å². The van der Waals surface area contributed by atoms with Crippen LogP contribution in [0.3, 0.4) is 0 Å². The van der Waals surface area contributed by atoms with Crippen LogP contribution in [0.15, 0.2) is 48.5 Å². The maximum atomic E-state index is 12.5. The van der Waals surface area contributed by atoms with Gasteiger partial charge in [-0.25, -0.2) is 0 Å². The number of nitrogens with one attached hydrogen (secondary N) is 2. The van der Waals surface area contributed by atoms with Gasteiger partial charge in [0.25, 0.3) is 0 Å². The lowest BCUT2D eigenvalue weighted by Crippen LogP contribution is -2.24. The van der Waals surface area contributed by atoms with Crippen molar-refractivity contribution >= 4 is 17.2 Å². The molecular formula is C19H23N3O. The highest BCUT2D eigenvalue weighted by Gasteiger charge is 2.14. The summed E-state index contributed by atoms with van der Waals surface area (Å²) in [4.78, 5) is 12.5. The molecule has 0 aromatic heterocycles. The van der Waals surface area contributed by atoms with Gasteiger partial charge in [0.2, 0.25) is 0 Å². The minimum Gasteiger partial charge on any atom is -0.397 e. The van der Waals surface area contributed by atoms with Crippen molar-refractivity contribution in [3.8, 4) is 0 Å². The fourth-order valence-corrected chi connectivity index (χ4v) is 2.99. The van der Waals surface area contributed by atoms with Crippen LogP contribution in [0.4, 0.5) is 11.4 Å². The maximum Gasteiger partial charge on any atom is 0.193 e. The third-order valence-electron chi connectivity index (χ3n) is 4.32. The third kappa shape index (κ3) is 3.90. The molecule has 0 aliphatic carbocycles. The van der Waals surface area contributed by atoms with Gasteiger partial charge in [-0.2, -0.15) is 0 Å². The molecule has 2 aromatic carbocycles. The van der Waals surface area contributed by atoms with Crippen molar-refractivity contribution in [2.45, 2.75) is 25.3 Å². The number of hydrogen-bond acceptors (Lipinski definition) is 4. The number of nitrogens with two attached hydrogens (primary N) is 1. The van der Waals surface area contributed by atoms with E-state index in [-0.39, 0.29) is 5.78 Å². The zero-order chi connectivity index (χ0) is 16.1. The smallest absolute Gasteiger partial charge is 0.193 e. The monoisotopic (exact) mass is 309 g/mol. The van der Waals surface area contributed by atoms with Crippen LogP contribution in [0.25, 0.3) is 0 Å². The van der Waals surface area contributed by atoms with Gasteiger partial charge in [0.1, 0.15) is 0 Å². The largest absolute Gasteiger partial charge is 0.397 e. The molecule has 1 atom stereocenters. The summed E-state index contributed by atoms with van der Waals surface area (Å²) in [5.74, 6) is 0.0195. The Bertz CT molecular complexity index is 664. The summed E-state index contributed by atoms with van der Waals surface area (Å²) in [5.41, 5.74) is 8.90. The third-order valence-corrected chi connectivity index (χ3v) is 4.32. The highest BCUT2D eigenvalue weighted by molar-refractivity contribution is 6.09. The van der Waals surface area contributed by atoms with Gasteiger partial charge < -0.3 is 16.4 Å². The van der Waals surface area contributed by atoms with Crippen molar-refractivity contribution in [3.05, 3.63) is 59.7 Å². The van der Waals surface area contributed by atoms with E-state index < -0.39 is 0 Å². The highest BCUT2D eigenvalue weighted by Crippen LogP contribution is 2.22. The van der Waals surface area contributed by atoms with Gasteiger partial charge in [-0.15, -0.1) is 0 Å². The molecule has 4 heteroatoms. The van der Waals surface area contributed by atoms with Gasteiger partial charge in [-0.1, -0.05) is 30.3 Å². The molecule has 0 bridgehead atoms. The first-order valence-electron chi connectivity index (χ1n) is 8.20. The predicted molar refractivity (Wildman–Crippen MR) is 94.9 cm³/mol. The molecule has 4 nitrogen and oxygen atoms in total. The molecule has 3 rings (SSSR count). The lowest BCUT2D eigenvalue weighted by molar-refractivity contribution is 0.103. The van der Waals surface area contributed by atoms with E-state index in [1.807, 2.05) is 36.4 Å². The number of benzene rings is 2. The molecule has 1 heterocycles. The van der Waals surface area contributed by atoms with Crippen LogP contribution in [-0.4, -0.2) is 24.9 Å². The molecule has 0 amide bonds. The van der Waals surface area contributed by atoms with E-state index in [4.69, 9.17) is 5.73 Å². The van der Waals surface area contributed by atoms with Crippen molar-refractivity contribution in [2.24, 2.45) is 0 Å². The summed E-state index contributed by atoms with van der Waals surface area (Å²) in [5, 5.41) is 6.85. The van der Waals surface area contributed by atoms with Crippen molar-refractivity contribution in [3.63, 3.8) is 0 Å². The number of nitrogen functional groups attached to an aromatic ring is 1. The van der Waals surface area contributed by atoms with Crippen LogP contribution in [0.5, 0.6) is 0 Å². The van der Waals surface area contributed by atoms with Crippen molar-refractivity contribution < 1.29 is 4.79 Å². The Labute approximate surface area is 137 Å². The van der Waals surface area contributed by atoms with Gasteiger partial charge in [0, 0.05) is 23.7 Å². The summed E-state index contributed by atoms with van der Waals surface area (Å²) < 4.78 is 0. The molecule has 2 aromatic rings. The predicted octanol–water partition coefficient (Wildman–Crippen LogP) is 3.05. The Balaban J connectivity index is 1.67. The number of hydrogen-bond donors (Lipinski definition) is 3. The molecule has 1 saturated heterocycles. The summed E-state index contributed by atoms with van der Waals surface area (Å²) in [6, 6.07) is 15.3. The van der Waals surface area contributed by atoms with Crippen molar-refractivity contribution in [2.75, 3.05) is 24.1 Å². The Hall–Kier alpha value is -2.33. The topological polar surface area (TPSA) is 67.2 Å². The average molecular weight is 309 g/mol. The van der Waals surface area contributed by atoms with Gasteiger partial charge >= 0.3 is 0 Å². The number of rotatable bonds is 6. The maximum absolute atomic E-state index is 12.5. The minimum atomic E-state index is 0.0195. The Morgan fingerprint density at radius 2 is 2.00 bits per heavy atom. The van der Waals surface area contributed by atoms with E-state index in [9.17, 15) is 4.79 Å². The van der Waals surface area contributed by atoms with Gasteiger partial charge in [0.15, 0.2) is 5.78 Å². The van der Waals surface area contributed by atoms with Crippen LogP contribution in [0.2, 0.25) is 0 Å². The number of anilines is 2. The van der Waals surface area contributed by atoms with Crippen LogP contribution >= 0.6 is 0 Å². The van der Waals surface area contributed by atoms with E-state index in [1.165, 1.54) is 12.8 Å². The Morgan fingerprint density at radius 3 is 2.74 bits per heavy atom. The number of carbonyl (C=O) groups is 1.